The second-order valence-corrected chi connectivity index (χ2v) is 7.10. The van der Waals surface area contributed by atoms with Crippen molar-refractivity contribution in [1.82, 2.24) is 5.32 Å². The Morgan fingerprint density at radius 2 is 2.16 bits per heavy atom. The molecule has 0 bridgehead atoms. The monoisotopic (exact) mass is 343 g/mol. The highest BCUT2D eigenvalue weighted by Gasteiger charge is 2.23. The Balaban J connectivity index is 1.86. The number of ether oxygens (including phenoxy) is 2. The van der Waals surface area contributed by atoms with Crippen LogP contribution in [0.25, 0.3) is 0 Å². The summed E-state index contributed by atoms with van der Waals surface area (Å²) >= 11 is 5.56. The number of benzene rings is 1. The zero-order valence-electron chi connectivity index (χ0n) is 10.9. The van der Waals surface area contributed by atoms with E-state index >= 15 is 0 Å². The van der Waals surface area contributed by atoms with Crippen molar-refractivity contribution in [2.24, 2.45) is 5.92 Å². The highest BCUT2D eigenvalue weighted by molar-refractivity contribution is 9.10. The zero-order valence-corrected chi connectivity index (χ0v) is 13.4. The predicted molar refractivity (Wildman–Crippen MR) is 82.1 cm³/mol. The van der Waals surface area contributed by atoms with Gasteiger partial charge in [0.05, 0.1) is 23.1 Å². The number of fused-ring (bicyclic) bond motifs is 1. The van der Waals surface area contributed by atoms with E-state index < -0.39 is 0 Å². The minimum absolute atomic E-state index is 0.352. The Morgan fingerprint density at radius 1 is 1.32 bits per heavy atom. The number of rotatable bonds is 1. The van der Waals surface area contributed by atoms with Crippen LogP contribution in [0.2, 0.25) is 0 Å². The number of halogens is 1. The van der Waals surface area contributed by atoms with Crippen LogP contribution in [0.4, 0.5) is 0 Å². The van der Waals surface area contributed by atoms with Gasteiger partial charge < -0.3 is 14.8 Å². The molecule has 0 aliphatic carbocycles. The molecule has 0 radical (unpaired) electrons. The van der Waals surface area contributed by atoms with Crippen molar-refractivity contribution < 1.29 is 9.47 Å². The maximum absolute atomic E-state index is 5.79. The third kappa shape index (κ3) is 3.03. The molecule has 2 heterocycles. The van der Waals surface area contributed by atoms with E-state index in [9.17, 15) is 0 Å². The molecule has 3 rings (SSSR count). The van der Waals surface area contributed by atoms with Crippen molar-refractivity contribution in [3.05, 3.63) is 22.2 Å². The molecule has 19 heavy (non-hydrogen) atoms. The molecule has 2 unspecified atom stereocenters. The van der Waals surface area contributed by atoms with E-state index in [0.29, 0.717) is 5.37 Å². The smallest absolute Gasteiger partial charge is 0.175 e. The van der Waals surface area contributed by atoms with Crippen LogP contribution in [0, 0.1) is 5.92 Å². The van der Waals surface area contributed by atoms with Gasteiger partial charge in [0.1, 0.15) is 0 Å². The van der Waals surface area contributed by atoms with Crippen molar-refractivity contribution in [3.63, 3.8) is 0 Å². The van der Waals surface area contributed by atoms with Crippen molar-refractivity contribution in [2.45, 2.75) is 18.7 Å². The van der Waals surface area contributed by atoms with Gasteiger partial charge in [0, 0.05) is 6.42 Å². The Hall–Kier alpha value is -0.390. The van der Waals surface area contributed by atoms with Crippen LogP contribution in [0.15, 0.2) is 16.6 Å². The fourth-order valence-electron chi connectivity index (χ4n) is 2.30. The normalized spacial score (nSPS) is 26.8. The van der Waals surface area contributed by atoms with Crippen LogP contribution in [0.5, 0.6) is 11.5 Å². The number of thioether (sulfide) groups is 1. The highest BCUT2D eigenvalue weighted by atomic mass is 79.9. The Kier molecular flexibility index (Phi) is 4.24. The van der Waals surface area contributed by atoms with Crippen molar-refractivity contribution in [2.75, 3.05) is 25.5 Å². The second-order valence-electron chi connectivity index (χ2n) is 5.11. The number of nitrogens with one attached hydrogen (secondary N) is 1. The summed E-state index contributed by atoms with van der Waals surface area (Å²) in [4.78, 5) is 0. The van der Waals surface area contributed by atoms with Gasteiger partial charge in [0.25, 0.3) is 0 Å². The number of hydrogen-bond donors (Lipinski definition) is 1. The van der Waals surface area contributed by atoms with Crippen LogP contribution < -0.4 is 14.8 Å². The van der Waals surface area contributed by atoms with Crippen LogP contribution in [-0.4, -0.2) is 25.5 Å². The van der Waals surface area contributed by atoms with E-state index in [1.54, 1.807) is 0 Å². The SMILES string of the molecule is CC1CNC(c2cc(Br)c3c(c2)OCCCO3)SC1. The molecule has 1 aromatic rings. The van der Waals surface area contributed by atoms with Gasteiger partial charge in [-0.3, -0.25) is 0 Å². The molecule has 104 valence electrons. The predicted octanol–water partition coefficient (Wildman–Crippen LogP) is 3.58. The van der Waals surface area contributed by atoms with Gasteiger partial charge in [-0.2, -0.15) is 0 Å². The first-order valence-electron chi connectivity index (χ1n) is 6.68. The summed E-state index contributed by atoms with van der Waals surface area (Å²) in [6.45, 7) is 4.80. The van der Waals surface area contributed by atoms with Gasteiger partial charge in [-0.15, -0.1) is 11.8 Å². The molecule has 0 saturated carbocycles. The van der Waals surface area contributed by atoms with E-state index in [2.05, 4.69) is 40.3 Å². The maximum atomic E-state index is 5.79. The van der Waals surface area contributed by atoms with Crippen LogP contribution >= 0.6 is 27.7 Å². The molecular weight excluding hydrogens is 326 g/mol. The van der Waals surface area contributed by atoms with Gasteiger partial charge in [0.15, 0.2) is 11.5 Å². The first-order chi connectivity index (χ1) is 9.24. The lowest BCUT2D eigenvalue weighted by Gasteiger charge is -2.28. The summed E-state index contributed by atoms with van der Waals surface area (Å²) in [5.74, 6) is 3.65. The quantitative estimate of drug-likeness (QED) is 0.844. The third-order valence-electron chi connectivity index (χ3n) is 3.33. The molecule has 3 nitrogen and oxygen atoms in total. The highest BCUT2D eigenvalue weighted by Crippen LogP contribution is 2.42. The van der Waals surface area contributed by atoms with Gasteiger partial charge in [0.2, 0.25) is 0 Å². The van der Waals surface area contributed by atoms with Gasteiger partial charge in [-0.05, 0) is 51.8 Å². The number of hydrogen-bond acceptors (Lipinski definition) is 4. The maximum Gasteiger partial charge on any atom is 0.175 e. The van der Waals surface area contributed by atoms with Crippen LogP contribution in [0.3, 0.4) is 0 Å². The standard InChI is InChI=1S/C14H18BrNO2S/c1-9-7-16-14(19-8-9)10-5-11(15)13-12(6-10)17-3-2-4-18-13/h5-6,9,14,16H,2-4,7-8H2,1H3. The molecule has 1 saturated heterocycles. The van der Waals surface area contributed by atoms with Crippen molar-refractivity contribution in [1.29, 1.82) is 0 Å². The molecule has 2 aliphatic rings. The second kappa shape index (κ2) is 5.94. The molecule has 0 amide bonds. The van der Waals surface area contributed by atoms with Crippen molar-refractivity contribution in [3.8, 4) is 11.5 Å². The summed E-state index contributed by atoms with van der Waals surface area (Å²) in [5, 5.41) is 3.93. The van der Waals surface area contributed by atoms with E-state index in [0.717, 1.165) is 48.1 Å². The first kappa shape index (κ1) is 13.6. The first-order valence-corrected chi connectivity index (χ1v) is 8.52. The fraction of sp³-hybridized carbons (Fsp3) is 0.571. The average molecular weight is 344 g/mol. The minimum atomic E-state index is 0.352. The lowest BCUT2D eigenvalue weighted by atomic mass is 10.1. The van der Waals surface area contributed by atoms with E-state index in [1.807, 2.05) is 11.8 Å². The summed E-state index contributed by atoms with van der Waals surface area (Å²) in [6.07, 6.45) is 0.935. The van der Waals surface area contributed by atoms with Crippen molar-refractivity contribution >= 4 is 27.7 Å². The molecule has 1 fully saturated rings. The largest absolute Gasteiger partial charge is 0.490 e. The zero-order chi connectivity index (χ0) is 13.2. The summed E-state index contributed by atoms with van der Waals surface area (Å²) in [6, 6.07) is 4.26. The fourth-order valence-corrected chi connectivity index (χ4v) is 4.06. The van der Waals surface area contributed by atoms with Gasteiger partial charge in [-0.25, -0.2) is 0 Å². The summed E-state index contributed by atoms with van der Waals surface area (Å²) < 4.78 is 12.5. The molecule has 2 atom stereocenters. The Bertz CT molecular complexity index is 461. The van der Waals surface area contributed by atoms with Gasteiger partial charge in [-0.1, -0.05) is 6.92 Å². The topological polar surface area (TPSA) is 30.5 Å². The van der Waals surface area contributed by atoms with E-state index in [1.165, 1.54) is 11.3 Å². The van der Waals surface area contributed by atoms with E-state index in [-0.39, 0.29) is 0 Å². The summed E-state index contributed by atoms with van der Waals surface area (Å²) in [5.41, 5.74) is 1.26. The Morgan fingerprint density at radius 3 is 2.95 bits per heavy atom. The van der Waals surface area contributed by atoms with Gasteiger partial charge >= 0.3 is 0 Å². The molecule has 0 spiro atoms. The summed E-state index contributed by atoms with van der Waals surface area (Å²) in [7, 11) is 0. The Labute approximate surface area is 126 Å². The third-order valence-corrected chi connectivity index (χ3v) is 5.45. The van der Waals surface area contributed by atoms with Crippen LogP contribution in [0.1, 0.15) is 24.3 Å². The molecule has 2 aliphatic heterocycles. The molecule has 5 heteroatoms. The lowest BCUT2D eigenvalue weighted by Crippen LogP contribution is -2.31. The minimum Gasteiger partial charge on any atom is -0.490 e. The molecule has 0 aromatic heterocycles. The molecule has 1 aromatic carbocycles. The van der Waals surface area contributed by atoms with E-state index in [4.69, 9.17) is 9.47 Å². The molecule has 1 N–H and O–H groups in total. The lowest BCUT2D eigenvalue weighted by molar-refractivity contribution is 0.296. The average Bonchev–Trinajstić information content (AvgIpc) is 2.65. The molecular formula is C14H18BrNO2S. The van der Waals surface area contributed by atoms with Crippen LogP contribution in [-0.2, 0) is 0 Å².